The van der Waals surface area contributed by atoms with Crippen LogP contribution in [0.25, 0.3) is 16.7 Å². The Bertz CT molecular complexity index is 1270. The van der Waals surface area contributed by atoms with E-state index < -0.39 is 17.0 Å². The van der Waals surface area contributed by atoms with Crippen molar-refractivity contribution in [3.63, 3.8) is 0 Å². The molecule has 1 N–H and O–H groups in total. The van der Waals surface area contributed by atoms with E-state index in [4.69, 9.17) is 9.15 Å². The van der Waals surface area contributed by atoms with Gasteiger partial charge in [0.1, 0.15) is 17.8 Å². The molecule has 3 aromatic rings. The molecule has 0 amide bonds. The Balaban J connectivity index is 1.87. The number of nitrogens with zero attached hydrogens (tertiary/aromatic N) is 2. The van der Waals surface area contributed by atoms with Crippen LogP contribution >= 0.6 is 0 Å². The summed E-state index contributed by atoms with van der Waals surface area (Å²) in [6.07, 6.45) is 5.25. The van der Waals surface area contributed by atoms with E-state index in [1.54, 1.807) is 37.5 Å². The molecular formula is C22H20FN3O4. The molecule has 2 heterocycles. The maximum absolute atomic E-state index is 14.5. The second-order valence-corrected chi connectivity index (χ2v) is 6.29. The van der Waals surface area contributed by atoms with E-state index in [1.807, 2.05) is 6.92 Å². The topological polar surface area (TPSA) is 97.5 Å². The SMILES string of the molecule is C=C/C(=C\N=C/C)c1ccc(COc2nc3oc(=O)cc(CC)c3c(=O)[nH]2)c(F)c1. The molecule has 0 spiro atoms. The first-order valence-electron chi connectivity index (χ1n) is 9.25. The molecule has 0 bridgehead atoms. The Hall–Kier alpha value is -3.81. The number of aromatic amines is 1. The largest absolute Gasteiger partial charge is 0.460 e. The van der Waals surface area contributed by atoms with Crippen LogP contribution in [0, 0.1) is 5.82 Å². The third kappa shape index (κ3) is 4.43. The van der Waals surface area contributed by atoms with E-state index in [-0.39, 0.29) is 29.3 Å². The average Bonchev–Trinajstić information content (AvgIpc) is 2.72. The Morgan fingerprint density at radius 1 is 1.33 bits per heavy atom. The Morgan fingerprint density at radius 2 is 2.13 bits per heavy atom. The first kappa shape index (κ1) is 20.9. The first-order valence-corrected chi connectivity index (χ1v) is 9.25. The zero-order chi connectivity index (χ0) is 21.7. The first-order chi connectivity index (χ1) is 14.5. The molecule has 7 nitrogen and oxygen atoms in total. The van der Waals surface area contributed by atoms with Gasteiger partial charge in [-0.3, -0.25) is 14.8 Å². The number of allylic oxidation sites excluding steroid dienone is 2. The predicted octanol–water partition coefficient (Wildman–Crippen LogP) is 3.77. The summed E-state index contributed by atoms with van der Waals surface area (Å²) in [6.45, 7) is 7.11. The molecule has 0 aliphatic rings. The van der Waals surface area contributed by atoms with Crippen LogP contribution in [0.3, 0.4) is 0 Å². The minimum Gasteiger partial charge on any atom is -0.460 e. The lowest BCUT2D eigenvalue weighted by molar-refractivity contribution is 0.274. The standard InChI is InChI=1S/C22H20FN3O4/c1-4-13-10-18(27)30-21-19(13)20(28)25-22(26-21)29-12-16-8-7-15(9-17(16)23)14(5-2)11-24-6-3/h5-11H,2,4,12H2,1,3H3,(H,25,26,28)/b14-11+,24-6-. The van der Waals surface area contributed by atoms with Crippen molar-refractivity contribution in [2.24, 2.45) is 4.99 Å². The second-order valence-electron chi connectivity index (χ2n) is 6.29. The van der Waals surface area contributed by atoms with Crippen LogP contribution in [0.15, 0.2) is 62.1 Å². The van der Waals surface area contributed by atoms with Crippen molar-refractivity contribution in [1.29, 1.82) is 0 Å². The van der Waals surface area contributed by atoms with Gasteiger partial charge in [0.2, 0.25) is 5.71 Å². The highest BCUT2D eigenvalue weighted by molar-refractivity contribution is 5.76. The van der Waals surface area contributed by atoms with Crippen LogP contribution < -0.4 is 15.9 Å². The minimum absolute atomic E-state index is 0.119. The fourth-order valence-corrected chi connectivity index (χ4v) is 2.87. The van der Waals surface area contributed by atoms with E-state index in [1.165, 1.54) is 12.1 Å². The van der Waals surface area contributed by atoms with Crippen molar-refractivity contribution in [3.05, 3.63) is 86.4 Å². The van der Waals surface area contributed by atoms with Gasteiger partial charge in [0.25, 0.3) is 11.6 Å². The highest BCUT2D eigenvalue weighted by Crippen LogP contribution is 2.20. The van der Waals surface area contributed by atoms with E-state index in [0.29, 0.717) is 23.1 Å². The molecule has 0 radical (unpaired) electrons. The lowest BCUT2D eigenvalue weighted by atomic mass is 10.0. The van der Waals surface area contributed by atoms with Gasteiger partial charge in [-0.25, -0.2) is 9.18 Å². The average molecular weight is 409 g/mol. The molecule has 1 aromatic carbocycles. The molecule has 154 valence electrons. The Morgan fingerprint density at radius 3 is 2.80 bits per heavy atom. The zero-order valence-corrected chi connectivity index (χ0v) is 16.6. The van der Waals surface area contributed by atoms with Gasteiger partial charge in [-0.05, 0) is 36.1 Å². The molecule has 8 heteroatoms. The highest BCUT2D eigenvalue weighted by Gasteiger charge is 2.13. The summed E-state index contributed by atoms with van der Waals surface area (Å²) >= 11 is 0. The zero-order valence-electron chi connectivity index (χ0n) is 16.6. The van der Waals surface area contributed by atoms with Crippen molar-refractivity contribution in [2.45, 2.75) is 26.9 Å². The molecule has 0 saturated carbocycles. The number of halogens is 1. The van der Waals surface area contributed by atoms with Gasteiger partial charge in [0.05, 0.1) is 0 Å². The summed E-state index contributed by atoms with van der Waals surface area (Å²) in [5.41, 5.74) is 0.845. The van der Waals surface area contributed by atoms with Gasteiger partial charge in [0.15, 0.2) is 0 Å². The number of aryl methyl sites for hydroxylation is 1. The number of aliphatic imine (C=N–C) groups is 1. The molecule has 0 aliphatic carbocycles. The van der Waals surface area contributed by atoms with Crippen LogP contribution in [0.4, 0.5) is 4.39 Å². The Labute approximate surface area is 171 Å². The third-order valence-corrected chi connectivity index (χ3v) is 4.39. The highest BCUT2D eigenvalue weighted by atomic mass is 19.1. The molecular weight excluding hydrogens is 389 g/mol. The summed E-state index contributed by atoms with van der Waals surface area (Å²) in [6, 6.07) is 5.71. The van der Waals surface area contributed by atoms with E-state index in [2.05, 4.69) is 21.5 Å². The Kier molecular flexibility index (Phi) is 6.36. The number of H-pyrrole nitrogens is 1. The number of hydrogen-bond acceptors (Lipinski definition) is 6. The number of fused-ring (bicyclic) bond motifs is 1. The van der Waals surface area contributed by atoms with E-state index in [0.717, 1.165) is 0 Å². The van der Waals surface area contributed by atoms with Crippen molar-refractivity contribution in [2.75, 3.05) is 0 Å². The van der Waals surface area contributed by atoms with Crippen LogP contribution in [-0.2, 0) is 13.0 Å². The number of benzene rings is 1. The van der Waals surface area contributed by atoms with Gasteiger partial charge >= 0.3 is 5.63 Å². The number of ether oxygens (including phenoxy) is 1. The minimum atomic E-state index is -0.608. The van der Waals surface area contributed by atoms with Crippen LogP contribution in [0.5, 0.6) is 6.01 Å². The molecule has 30 heavy (non-hydrogen) atoms. The smallest absolute Gasteiger partial charge is 0.337 e. The van der Waals surface area contributed by atoms with Gasteiger partial charge in [-0.2, -0.15) is 4.98 Å². The van der Waals surface area contributed by atoms with Crippen molar-refractivity contribution >= 4 is 22.9 Å². The summed E-state index contributed by atoms with van der Waals surface area (Å²) in [4.78, 5) is 34.6. The van der Waals surface area contributed by atoms with Gasteiger partial charge in [-0.1, -0.05) is 31.7 Å². The number of rotatable bonds is 7. The van der Waals surface area contributed by atoms with Crippen LogP contribution in [0.2, 0.25) is 0 Å². The van der Waals surface area contributed by atoms with E-state index in [9.17, 15) is 14.0 Å². The maximum atomic E-state index is 14.5. The quantitative estimate of drug-likeness (QED) is 0.473. The molecule has 3 rings (SSSR count). The van der Waals surface area contributed by atoms with Gasteiger partial charge in [-0.15, -0.1) is 0 Å². The molecule has 2 aromatic heterocycles. The fraction of sp³-hybridized carbons (Fsp3) is 0.182. The molecule has 0 aliphatic heterocycles. The van der Waals surface area contributed by atoms with Crippen molar-refractivity contribution < 1.29 is 13.5 Å². The molecule has 0 unspecified atom stereocenters. The monoisotopic (exact) mass is 409 g/mol. The second kappa shape index (κ2) is 9.13. The van der Waals surface area contributed by atoms with Gasteiger partial charge < -0.3 is 9.15 Å². The normalized spacial score (nSPS) is 11.9. The van der Waals surface area contributed by atoms with Crippen molar-refractivity contribution in [3.8, 4) is 6.01 Å². The molecule has 0 atom stereocenters. The number of aromatic nitrogens is 2. The van der Waals surface area contributed by atoms with Crippen molar-refractivity contribution in [1.82, 2.24) is 9.97 Å². The predicted molar refractivity (Wildman–Crippen MR) is 113 cm³/mol. The maximum Gasteiger partial charge on any atom is 0.337 e. The summed E-state index contributed by atoms with van der Waals surface area (Å²) in [5, 5.41) is 0.193. The number of nitrogens with one attached hydrogen (secondary N) is 1. The van der Waals surface area contributed by atoms with E-state index >= 15 is 0 Å². The lowest BCUT2D eigenvalue weighted by Crippen LogP contribution is -2.15. The number of hydrogen-bond donors (Lipinski definition) is 1. The summed E-state index contributed by atoms with van der Waals surface area (Å²) in [7, 11) is 0. The summed E-state index contributed by atoms with van der Waals surface area (Å²) < 4.78 is 25.0. The molecule has 0 saturated heterocycles. The van der Waals surface area contributed by atoms with Crippen LogP contribution in [-0.4, -0.2) is 16.2 Å². The van der Waals surface area contributed by atoms with Gasteiger partial charge in [0, 0.05) is 24.0 Å². The molecule has 0 fully saturated rings. The lowest BCUT2D eigenvalue weighted by Gasteiger charge is -2.09. The summed E-state index contributed by atoms with van der Waals surface area (Å²) in [5.74, 6) is -0.497. The fourth-order valence-electron chi connectivity index (χ4n) is 2.87. The van der Waals surface area contributed by atoms with Crippen LogP contribution in [0.1, 0.15) is 30.5 Å². The third-order valence-electron chi connectivity index (χ3n) is 4.39.